The maximum atomic E-state index is 12.1. The van der Waals surface area contributed by atoms with Crippen molar-refractivity contribution < 1.29 is 14.3 Å². The molecule has 0 heterocycles. The highest BCUT2D eigenvalue weighted by Gasteiger charge is 2.11. The molecular weight excluding hydrogens is 304 g/mol. The van der Waals surface area contributed by atoms with E-state index in [-0.39, 0.29) is 18.4 Å². The highest BCUT2D eigenvalue weighted by atomic mass is 16.5. The molecule has 2 aromatic rings. The Morgan fingerprint density at radius 2 is 1.92 bits per heavy atom. The van der Waals surface area contributed by atoms with E-state index in [1.165, 1.54) is 0 Å². The molecule has 2 rings (SSSR count). The Hall–Kier alpha value is -2.37. The fourth-order valence-corrected chi connectivity index (χ4v) is 2.28. The smallest absolute Gasteiger partial charge is 0.222 e. The number of hydrogen-bond donors (Lipinski definition) is 2. The van der Waals surface area contributed by atoms with Crippen LogP contribution in [0.2, 0.25) is 0 Å². The van der Waals surface area contributed by atoms with E-state index in [4.69, 9.17) is 15.2 Å². The summed E-state index contributed by atoms with van der Waals surface area (Å²) in [5, 5.41) is 2.89. The molecule has 0 spiro atoms. The molecule has 24 heavy (non-hydrogen) atoms. The first kappa shape index (κ1) is 18.0. The van der Waals surface area contributed by atoms with Crippen molar-refractivity contribution in [2.75, 3.05) is 20.3 Å². The first-order chi connectivity index (χ1) is 11.7. The minimum Gasteiger partial charge on any atom is -0.491 e. The molecule has 1 atom stereocenters. The summed E-state index contributed by atoms with van der Waals surface area (Å²) in [7, 11) is 1.63. The highest BCUT2D eigenvalue weighted by Crippen LogP contribution is 2.15. The lowest BCUT2D eigenvalue weighted by Crippen LogP contribution is -2.27. The Labute approximate surface area is 142 Å². The Bertz CT molecular complexity index is 632. The average Bonchev–Trinajstić information content (AvgIpc) is 2.61. The standard InChI is InChI=1S/C19H24N2O3/c1-23-10-11-24-17-9-5-6-15(12-17)14-21-19(22)13-18(20)16-7-3-2-4-8-16/h2-9,12,18H,10-11,13-14,20H2,1H3,(H,21,22). The number of carbonyl (C=O) groups excluding carboxylic acids is 1. The molecule has 0 saturated carbocycles. The third kappa shape index (κ3) is 6.02. The monoisotopic (exact) mass is 328 g/mol. The van der Waals surface area contributed by atoms with Crippen LogP contribution in [0.15, 0.2) is 54.6 Å². The van der Waals surface area contributed by atoms with Gasteiger partial charge in [-0.3, -0.25) is 4.79 Å². The second kappa shape index (κ2) is 9.70. The van der Waals surface area contributed by atoms with Crippen LogP contribution in [0.1, 0.15) is 23.6 Å². The van der Waals surface area contributed by atoms with Gasteiger partial charge in [0.1, 0.15) is 12.4 Å². The van der Waals surface area contributed by atoms with Gasteiger partial charge in [0.15, 0.2) is 0 Å². The molecule has 0 fully saturated rings. The van der Waals surface area contributed by atoms with Crippen molar-refractivity contribution in [2.45, 2.75) is 19.0 Å². The number of rotatable bonds is 9. The van der Waals surface area contributed by atoms with E-state index in [1.54, 1.807) is 7.11 Å². The predicted octanol–water partition coefficient (Wildman–Crippen LogP) is 2.42. The van der Waals surface area contributed by atoms with E-state index >= 15 is 0 Å². The van der Waals surface area contributed by atoms with Crippen LogP contribution in [-0.2, 0) is 16.1 Å². The van der Waals surface area contributed by atoms with E-state index in [0.29, 0.717) is 19.8 Å². The Morgan fingerprint density at radius 3 is 2.67 bits per heavy atom. The molecule has 128 valence electrons. The van der Waals surface area contributed by atoms with Gasteiger partial charge in [-0.05, 0) is 23.3 Å². The van der Waals surface area contributed by atoms with E-state index in [0.717, 1.165) is 16.9 Å². The molecule has 1 amide bonds. The summed E-state index contributed by atoms with van der Waals surface area (Å²) in [6.07, 6.45) is 0.258. The number of carbonyl (C=O) groups is 1. The van der Waals surface area contributed by atoms with Gasteiger partial charge in [-0.15, -0.1) is 0 Å². The van der Waals surface area contributed by atoms with Crippen LogP contribution < -0.4 is 15.8 Å². The molecule has 0 aromatic heterocycles. The predicted molar refractivity (Wildman–Crippen MR) is 93.6 cm³/mol. The van der Waals surface area contributed by atoms with Gasteiger partial charge in [-0.2, -0.15) is 0 Å². The normalized spacial score (nSPS) is 11.8. The molecular formula is C19H24N2O3. The number of methoxy groups -OCH3 is 1. The van der Waals surface area contributed by atoms with Gasteiger partial charge in [0.2, 0.25) is 5.91 Å². The fourth-order valence-electron chi connectivity index (χ4n) is 2.28. The van der Waals surface area contributed by atoms with Crippen molar-refractivity contribution in [1.29, 1.82) is 0 Å². The third-order valence-electron chi connectivity index (χ3n) is 3.58. The lowest BCUT2D eigenvalue weighted by atomic mass is 10.0. The number of ether oxygens (including phenoxy) is 2. The second-order valence-corrected chi connectivity index (χ2v) is 5.49. The molecule has 5 heteroatoms. The van der Waals surface area contributed by atoms with Gasteiger partial charge in [0.25, 0.3) is 0 Å². The van der Waals surface area contributed by atoms with E-state index in [1.807, 2.05) is 54.6 Å². The summed E-state index contributed by atoms with van der Waals surface area (Å²) >= 11 is 0. The molecule has 0 aliphatic heterocycles. The summed E-state index contributed by atoms with van der Waals surface area (Å²) < 4.78 is 10.5. The summed E-state index contributed by atoms with van der Waals surface area (Å²) in [4.78, 5) is 12.1. The van der Waals surface area contributed by atoms with Crippen molar-refractivity contribution in [1.82, 2.24) is 5.32 Å². The van der Waals surface area contributed by atoms with Gasteiger partial charge >= 0.3 is 0 Å². The van der Waals surface area contributed by atoms with Crippen LogP contribution in [0.25, 0.3) is 0 Å². The molecule has 0 saturated heterocycles. The quantitative estimate of drug-likeness (QED) is 0.693. The number of nitrogens with two attached hydrogens (primary N) is 1. The maximum Gasteiger partial charge on any atom is 0.222 e. The Balaban J connectivity index is 1.80. The molecule has 0 bridgehead atoms. The number of benzene rings is 2. The zero-order valence-corrected chi connectivity index (χ0v) is 13.9. The van der Waals surface area contributed by atoms with E-state index < -0.39 is 0 Å². The molecule has 1 unspecified atom stereocenters. The zero-order valence-electron chi connectivity index (χ0n) is 13.9. The van der Waals surface area contributed by atoms with Crippen LogP contribution in [0.3, 0.4) is 0 Å². The van der Waals surface area contributed by atoms with Crippen LogP contribution in [0.4, 0.5) is 0 Å². The van der Waals surface area contributed by atoms with Crippen molar-refractivity contribution >= 4 is 5.91 Å². The lowest BCUT2D eigenvalue weighted by Gasteiger charge is -2.12. The molecule has 0 aliphatic rings. The molecule has 0 radical (unpaired) electrons. The van der Waals surface area contributed by atoms with Crippen LogP contribution in [0.5, 0.6) is 5.75 Å². The molecule has 5 nitrogen and oxygen atoms in total. The van der Waals surface area contributed by atoms with E-state index in [9.17, 15) is 4.79 Å². The number of amides is 1. The molecule has 3 N–H and O–H groups in total. The number of hydrogen-bond acceptors (Lipinski definition) is 4. The van der Waals surface area contributed by atoms with Gasteiger partial charge in [-0.1, -0.05) is 42.5 Å². The summed E-state index contributed by atoms with van der Waals surface area (Å²) in [6.45, 7) is 1.48. The van der Waals surface area contributed by atoms with Crippen LogP contribution >= 0.6 is 0 Å². The SMILES string of the molecule is COCCOc1cccc(CNC(=O)CC(N)c2ccccc2)c1. The largest absolute Gasteiger partial charge is 0.491 e. The van der Waals surface area contributed by atoms with Crippen molar-refractivity contribution in [3.8, 4) is 5.75 Å². The van der Waals surface area contributed by atoms with Crippen molar-refractivity contribution in [3.63, 3.8) is 0 Å². The first-order valence-electron chi connectivity index (χ1n) is 7.97. The minimum atomic E-state index is -0.296. The van der Waals surface area contributed by atoms with Gasteiger partial charge in [0, 0.05) is 26.1 Å². The van der Waals surface area contributed by atoms with Gasteiger partial charge < -0.3 is 20.5 Å². The summed E-state index contributed by atoms with van der Waals surface area (Å²) in [5.41, 5.74) is 8.00. The topological polar surface area (TPSA) is 73.6 Å². The van der Waals surface area contributed by atoms with Crippen molar-refractivity contribution in [3.05, 3.63) is 65.7 Å². The molecule has 0 aliphatic carbocycles. The third-order valence-corrected chi connectivity index (χ3v) is 3.58. The summed E-state index contributed by atoms with van der Waals surface area (Å²) in [5.74, 6) is 0.692. The second-order valence-electron chi connectivity index (χ2n) is 5.49. The van der Waals surface area contributed by atoms with Gasteiger partial charge in [0.05, 0.1) is 6.61 Å². The van der Waals surface area contributed by atoms with Crippen LogP contribution in [0, 0.1) is 0 Å². The Morgan fingerprint density at radius 1 is 1.12 bits per heavy atom. The maximum absolute atomic E-state index is 12.1. The first-order valence-corrected chi connectivity index (χ1v) is 7.97. The minimum absolute atomic E-state index is 0.0722. The van der Waals surface area contributed by atoms with Crippen LogP contribution in [-0.4, -0.2) is 26.2 Å². The zero-order chi connectivity index (χ0) is 17.2. The van der Waals surface area contributed by atoms with E-state index in [2.05, 4.69) is 5.32 Å². The lowest BCUT2D eigenvalue weighted by molar-refractivity contribution is -0.121. The van der Waals surface area contributed by atoms with Gasteiger partial charge in [-0.25, -0.2) is 0 Å². The fraction of sp³-hybridized carbons (Fsp3) is 0.316. The highest BCUT2D eigenvalue weighted by molar-refractivity contribution is 5.76. The summed E-state index contributed by atoms with van der Waals surface area (Å²) in [6, 6.07) is 17.0. The van der Waals surface area contributed by atoms with Crippen molar-refractivity contribution in [2.24, 2.45) is 5.73 Å². The molecule has 2 aromatic carbocycles. The Kier molecular flexibility index (Phi) is 7.26. The average molecular weight is 328 g/mol. The number of nitrogens with one attached hydrogen (secondary N) is 1.